The van der Waals surface area contributed by atoms with Gasteiger partial charge in [-0.3, -0.25) is 0 Å². The molecule has 2 N–H and O–H groups in total. The lowest BCUT2D eigenvalue weighted by molar-refractivity contribution is 0.0460. The molecule has 0 aromatic carbocycles. The summed E-state index contributed by atoms with van der Waals surface area (Å²) in [7, 11) is 0. The second kappa shape index (κ2) is 3.93. The van der Waals surface area contributed by atoms with Crippen molar-refractivity contribution in [1.29, 1.82) is 0 Å². The van der Waals surface area contributed by atoms with Crippen LogP contribution in [0.2, 0.25) is 0 Å². The third kappa shape index (κ3) is 2.47. The third-order valence-corrected chi connectivity index (χ3v) is 1.37. The van der Waals surface area contributed by atoms with Crippen molar-refractivity contribution in [1.82, 2.24) is 5.16 Å². The largest absolute Gasteiger partial charge is 0.462 e. The summed E-state index contributed by atoms with van der Waals surface area (Å²) >= 11 is 0. The Morgan fingerprint density at radius 2 is 2.46 bits per heavy atom. The van der Waals surface area contributed by atoms with E-state index in [0.717, 1.165) is 0 Å². The Kier molecular flexibility index (Phi) is 2.89. The number of aromatic nitrogens is 1. The van der Waals surface area contributed by atoms with Gasteiger partial charge in [0.1, 0.15) is 5.56 Å². The number of nitrogens with two attached hydrogens (primary N) is 1. The average Bonchev–Trinajstić information content (AvgIpc) is 2.47. The summed E-state index contributed by atoms with van der Waals surface area (Å²) in [5.74, 6) is -0.203. The van der Waals surface area contributed by atoms with Crippen molar-refractivity contribution in [3.05, 3.63) is 11.8 Å². The van der Waals surface area contributed by atoms with E-state index < -0.39 is 5.97 Å². The smallest absolute Gasteiger partial charge is 0.345 e. The molecule has 0 bridgehead atoms. The zero-order valence-corrected chi connectivity index (χ0v) is 7.61. The molecule has 5 nitrogen and oxygen atoms in total. The van der Waals surface area contributed by atoms with Gasteiger partial charge in [-0.1, -0.05) is 19.0 Å². The van der Waals surface area contributed by atoms with Gasteiger partial charge in [0.2, 0.25) is 5.88 Å². The molecule has 0 atom stereocenters. The Morgan fingerprint density at radius 1 is 1.77 bits per heavy atom. The van der Waals surface area contributed by atoms with Crippen LogP contribution in [0.15, 0.2) is 10.7 Å². The highest BCUT2D eigenvalue weighted by Gasteiger charge is 2.15. The predicted molar refractivity (Wildman–Crippen MR) is 46.0 cm³/mol. The lowest BCUT2D eigenvalue weighted by Crippen LogP contribution is -2.10. The molecule has 72 valence electrons. The molecule has 0 radical (unpaired) electrons. The van der Waals surface area contributed by atoms with Crippen molar-refractivity contribution in [2.24, 2.45) is 5.92 Å². The maximum absolute atomic E-state index is 11.2. The maximum Gasteiger partial charge on any atom is 0.345 e. The van der Waals surface area contributed by atoms with Gasteiger partial charge in [0, 0.05) is 0 Å². The lowest BCUT2D eigenvalue weighted by atomic mass is 10.2. The summed E-state index contributed by atoms with van der Waals surface area (Å²) < 4.78 is 9.43. The van der Waals surface area contributed by atoms with Gasteiger partial charge in [-0.05, 0) is 5.92 Å². The number of anilines is 1. The molecule has 0 aliphatic heterocycles. The van der Waals surface area contributed by atoms with Gasteiger partial charge < -0.3 is 15.0 Å². The van der Waals surface area contributed by atoms with Crippen LogP contribution in [0.3, 0.4) is 0 Å². The lowest BCUT2D eigenvalue weighted by Gasteiger charge is -2.04. The molecule has 0 saturated carbocycles. The van der Waals surface area contributed by atoms with Gasteiger partial charge in [-0.25, -0.2) is 4.79 Å². The van der Waals surface area contributed by atoms with Gasteiger partial charge in [-0.15, -0.1) is 0 Å². The SMILES string of the molecule is CC(C)COC(=O)c1cnoc1N. The molecular formula is C8H12N2O3. The summed E-state index contributed by atoms with van der Waals surface area (Å²) in [6, 6.07) is 0. The van der Waals surface area contributed by atoms with Crippen LogP contribution >= 0.6 is 0 Å². The zero-order chi connectivity index (χ0) is 9.84. The van der Waals surface area contributed by atoms with Gasteiger partial charge in [0.05, 0.1) is 12.8 Å². The Balaban J connectivity index is 2.54. The van der Waals surface area contributed by atoms with Gasteiger partial charge in [-0.2, -0.15) is 0 Å². The highest BCUT2D eigenvalue weighted by molar-refractivity contribution is 5.93. The van der Waals surface area contributed by atoms with E-state index in [4.69, 9.17) is 10.5 Å². The number of rotatable bonds is 3. The molecule has 1 heterocycles. The van der Waals surface area contributed by atoms with Crippen LogP contribution < -0.4 is 5.73 Å². The molecule has 0 saturated heterocycles. The minimum absolute atomic E-state index is 0.00578. The van der Waals surface area contributed by atoms with E-state index in [0.29, 0.717) is 12.5 Å². The first kappa shape index (κ1) is 9.57. The maximum atomic E-state index is 11.2. The quantitative estimate of drug-likeness (QED) is 0.711. The van der Waals surface area contributed by atoms with E-state index in [-0.39, 0.29) is 11.4 Å². The first-order valence-electron chi connectivity index (χ1n) is 3.98. The summed E-state index contributed by atoms with van der Waals surface area (Å²) in [5, 5.41) is 3.37. The number of carbonyl (C=O) groups is 1. The van der Waals surface area contributed by atoms with E-state index in [1.54, 1.807) is 0 Å². The molecule has 0 aliphatic carbocycles. The average molecular weight is 184 g/mol. The van der Waals surface area contributed by atoms with Crippen molar-refractivity contribution < 1.29 is 14.1 Å². The second-order valence-electron chi connectivity index (χ2n) is 3.10. The van der Waals surface area contributed by atoms with Gasteiger partial charge >= 0.3 is 5.97 Å². The first-order valence-corrected chi connectivity index (χ1v) is 3.98. The van der Waals surface area contributed by atoms with Crippen molar-refractivity contribution in [2.75, 3.05) is 12.3 Å². The molecule has 0 aliphatic rings. The molecule has 13 heavy (non-hydrogen) atoms. The molecule has 5 heteroatoms. The Morgan fingerprint density at radius 3 is 2.92 bits per heavy atom. The van der Waals surface area contributed by atoms with E-state index in [1.807, 2.05) is 13.8 Å². The monoisotopic (exact) mass is 184 g/mol. The van der Waals surface area contributed by atoms with Crippen LogP contribution in [0, 0.1) is 5.92 Å². The molecule has 0 fully saturated rings. The molecular weight excluding hydrogens is 172 g/mol. The summed E-state index contributed by atoms with van der Waals surface area (Å²) in [5.41, 5.74) is 5.50. The second-order valence-corrected chi connectivity index (χ2v) is 3.10. The van der Waals surface area contributed by atoms with Crippen molar-refractivity contribution in [3.63, 3.8) is 0 Å². The molecule has 1 aromatic heterocycles. The topological polar surface area (TPSA) is 78.3 Å². The van der Waals surface area contributed by atoms with Gasteiger partial charge in [0.15, 0.2) is 0 Å². The number of nitrogens with zero attached hydrogens (tertiary/aromatic N) is 1. The number of carbonyl (C=O) groups excluding carboxylic acids is 1. The molecule has 0 spiro atoms. The Hall–Kier alpha value is -1.52. The molecule has 0 amide bonds. The van der Waals surface area contributed by atoms with E-state index in [1.165, 1.54) is 6.20 Å². The normalized spacial score (nSPS) is 10.4. The fourth-order valence-corrected chi connectivity index (χ4v) is 0.722. The number of hydrogen-bond donors (Lipinski definition) is 1. The number of nitrogen functional groups attached to an aromatic ring is 1. The van der Waals surface area contributed by atoms with E-state index >= 15 is 0 Å². The summed E-state index contributed by atoms with van der Waals surface area (Å²) in [6.07, 6.45) is 1.25. The fourth-order valence-electron chi connectivity index (χ4n) is 0.722. The highest BCUT2D eigenvalue weighted by atomic mass is 16.5. The minimum Gasteiger partial charge on any atom is -0.462 e. The van der Waals surface area contributed by atoms with Crippen LogP contribution in [0.1, 0.15) is 24.2 Å². The Labute approximate surface area is 75.8 Å². The van der Waals surface area contributed by atoms with Crippen LogP contribution in [0.4, 0.5) is 5.88 Å². The number of hydrogen-bond acceptors (Lipinski definition) is 5. The van der Waals surface area contributed by atoms with Crippen molar-refractivity contribution in [2.45, 2.75) is 13.8 Å². The number of esters is 1. The van der Waals surface area contributed by atoms with Crippen LogP contribution in [0.5, 0.6) is 0 Å². The van der Waals surface area contributed by atoms with Crippen LogP contribution in [-0.2, 0) is 4.74 Å². The standard InChI is InChI=1S/C8H12N2O3/c1-5(2)4-12-8(11)6-3-10-13-7(6)9/h3,5H,4,9H2,1-2H3. The van der Waals surface area contributed by atoms with E-state index in [2.05, 4.69) is 9.68 Å². The molecule has 0 unspecified atom stereocenters. The molecule has 1 rings (SSSR count). The summed E-state index contributed by atoms with van der Waals surface area (Å²) in [4.78, 5) is 11.2. The van der Waals surface area contributed by atoms with Crippen molar-refractivity contribution in [3.8, 4) is 0 Å². The minimum atomic E-state index is -0.493. The summed E-state index contributed by atoms with van der Waals surface area (Å²) in [6.45, 7) is 4.26. The predicted octanol–water partition coefficient (Wildman–Crippen LogP) is 1.07. The van der Waals surface area contributed by atoms with Crippen LogP contribution in [0.25, 0.3) is 0 Å². The van der Waals surface area contributed by atoms with Crippen molar-refractivity contribution >= 4 is 11.9 Å². The zero-order valence-electron chi connectivity index (χ0n) is 7.61. The third-order valence-electron chi connectivity index (χ3n) is 1.37. The van der Waals surface area contributed by atoms with E-state index in [9.17, 15) is 4.79 Å². The number of ether oxygens (including phenoxy) is 1. The molecule has 1 aromatic rings. The first-order chi connectivity index (χ1) is 6.11. The fraction of sp³-hybridized carbons (Fsp3) is 0.500. The Bertz CT molecular complexity index is 293. The van der Waals surface area contributed by atoms with Gasteiger partial charge in [0.25, 0.3) is 0 Å². The van der Waals surface area contributed by atoms with Crippen LogP contribution in [-0.4, -0.2) is 17.7 Å². The highest BCUT2D eigenvalue weighted by Crippen LogP contribution is 2.11.